The summed E-state index contributed by atoms with van der Waals surface area (Å²) < 4.78 is 5.26. The van der Waals surface area contributed by atoms with Gasteiger partial charge in [-0.1, -0.05) is 30.3 Å². The second kappa shape index (κ2) is 3.87. The van der Waals surface area contributed by atoms with Crippen molar-refractivity contribution in [1.29, 1.82) is 0 Å². The number of rotatable bonds is 3. The quantitative estimate of drug-likeness (QED) is 0.820. The maximum atomic E-state index is 5.88. The lowest BCUT2D eigenvalue weighted by Gasteiger charge is -2.00. The monoisotopic (exact) mass is 229 g/mol. The molecule has 0 aliphatic heterocycles. The van der Waals surface area contributed by atoms with Crippen LogP contribution in [0.4, 0.5) is 5.69 Å². The largest absolute Gasteiger partial charge is 0.398 e. The molecule has 2 atom stereocenters. The Kier molecular flexibility index (Phi) is 2.35. The van der Waals surface area contributed by atoms with Crippen molar-refractivity contribution >= 4 is 5.69 Å². The third kappa shape index (κ3) is 2.02. The number of para-hydroxylation sites is 1. The summed E-state index contributed by atoms with van der Waals surface area (Å²) in [6.07, 6.45) is 1.78. The molecule has 0 amide bonds. The zero-order valence-electron chi connectivity index (χ0n) is 9.76. The number of nitrogens with zero attached hydrogens (tertiary/aromatic N) is 2. The summed E-state index contributed by atoms with van der Waals surface area (Å²) >= 11 is 0. The van der Waals surface area contributed by atoms with Crippen LogP contribution >= 0.6 is 0 Å². The Morgan fingerprint density at radius 2 is 2.18 bits per heavy atom. The van der Waals surface area contributed by atoms with Crippen LogP contribution < -0.4 is 5.73 Å². The van der Waals surface area contributed by atoms with Gasteiger partial charge in [0.15, 0.2) is 5.82 Å². The molecule has 2 N–H and O–H groups in total. The van der Waals surface area contributed by atoms with Gasteiger partial charge < -0.3 is 10.3 Å². The van der Waals surface area contributed by atoms with E-state index < -0.39 is 0 Å². The molecule has 1 saturated carbocycles. The van der Waals surface area contributed by atoms with E-state index in [1.54, 1.807) is 0 Å². The molecule has 4 heteroatoms. The van der Waals surface area contributed by atoms with Crippen molar-refractivity contribution in [3.63, 3.8) is 0 Å². The first-order valence-corrected chi connectivity index (χ1v) is 5.90. The van der Waals surface area contributed by atoms with Crippen molar-refractivity contribution in [3.05, 3.63) is 41.5 Å². The van der Waals surface area contributed by atoms with Crippen LogP contribution in [0.25, 0.3) is 0 Å². The summed E-state index contributed by atoms with van der Waals surface area (Å²) in [5, 5.41) is 4.03. The first-order valence-electron chi connectivity index (χ1n) is 5.90. The number of nitrogens with two attached hydrogens (primary N) is 1. The van der Waals surface area contributed by atoms with E-state index in [0.29, 0.717) is 24.1 Å². The van der Waals surface area contributed by atoms with E-state index in [0.717, 1.165) is 17.1 Å². The van der Waals surface area contributed by atoms with E-state index in [1.165, 1.54) is 6.42 Å². The van der Waals surface area contributed by atoms with Gasteiger partial charge in [0.1, 0.15) is 0 Å². The van der Waals surface area contributed by atoms with Crippen LogP contribution in [-0.2, 0) is 6.42 Å². The highest BCUT2D eigenvalue weighted by Crippen LogP contribution is 2.45. The molecule has 2 aromatic rings. The van der Waals surface area contributed by atoms with E-state index in [1.807, 2.05) is 24.3 Å². The van der Waals surface area contributed by atoms with Gasteiger partial charge in [-0.15, -0.1) is 0 Å². The molecule has 1 fully saturated rings. The highest BCUT2D eigenvalue weighted by Gasteiger charge is 2.38. The van der Waals surface area contributed by atoms with Crippen molar-refractivity contribution in [2.24, 2.45) is 5.92 Å². The van der Waals surface area contributed by atoms with Gasteiger partial charge in [-0.3, -0.25) is 0 Å². The highest BCUT2D eigenvalue weighted by molar-refractivity contribution is 5.47. The minimum absolute atomic E-state index is 0.501. The van der Waals surface area contributed by atoms with Crippen LogP contribution in [0.3, 0.4) is 0 Å². The fourth-order valence-corrected chi connectivity index (χ4v) is 2.03. The number of benzene rings is 1. The smallest absolute Gasteiger partial charge is 0.231 e. The normalized spacial score (nSPS) is 22.6. The first-order chi connectivity index (χ1) is 8.24. The number of anilines is 1. The maximum absolute atomic E-state index is 5.88. The number of hydrogen-bond acceptors (Lipinski definition) is 4. The van der Waals surface area contributed by atoms with Crippen LogP contribution in [-0.4, -0.2) is 10.1 Å². The summed E-state index contributed by atoms with van der Waals surface area (Å²) in [4.78, 5) is 4.43. The van der Waals surface area contributed by atoms with Gasteiger partial charge in [0, 0.05) is 11.6 Å². The zero-order valence-corrected chi connectivity index (χ0v) is 9.76. The highest BCUT2D eigenvalue weighted by atomic mass is 16.5. The SMILES string of the molecule is CC1CC1c1noc(Cc2ccccc2N)n1. The lowest BCUT2D eigenvalue weighted by molar-refractivity contribution is 0.379. The molecule has 1 heterocycles. The van der Waals surface area contributed by atoms with Crippen LogP contribution in [0.15, 0.2) is 28.8 Å². The summed E-state index contributed by atoms with van der Waals surface area (Å²) in [5.74, 6) is 2.70. The van der Waals surface area contributed by atoms with Crippen LogP contribution in [0.1, 0.15) is 36.5 Å². The molecule has 0 bridgehead atoms. The van der Waals surface area contributed by atoms with Crippen molar-refractivity contribution in [2.45, 2.75) is 25.7 Å². The van der Waals surface area contributed by atoms with E-state index >= 15 is 0 Å². The Bertz CT molecular complexity index is 535. The van der Waals surface area contributed by atoms with Gasteiger partial charge in [0.05, 0.1) is 6.42 Å². The molecule has 1 aromatic heterocycles. The third-order valence-electron chi connectivity index (χ3n) is 3.32. The Morgan fingerprint density at radius 1 is 1.41 bits per heavy atom. The molecule has 17 heavy (non-hydrogen) atoms. The molecule has 2 unspecified atom stereocenters. The second-order valence-corrected chi connectivity index (χ2v) is 4.74. The first kappa shape index (κ1) is 10.3. The van der Waals surface area contributed by atoms with Gasteiger partial charge in [-0.05, 0) is 24.0 Å². The Morgan fingerprint density at radius 3 is 2.88 bits per heavy atom. The minimum Gasteiger partial charge on any atom is -0.398 e. The van der Waals surface area contributed by atoms with Gasteiger partial charge in [0.2, 0.25) is 5.89 Å². The molecular weight excluding hydrogens is 214 g/mol. The molecule has 0 radical (unpaired) electrons. The lowest BCUT2D eigenvalue weighted by Crippen LogP contribution is -1.95. The summed E-state index contributed by atoms with van der Waals surface area (Å²) in [7, 11) is 0. The fourth-order valence-electron chi connectivity index (χ4n) is 2.03. The molecule has 1 aromatic carbocycles. The van der Waals surface area contributed by atoms with E-state index in [-0.39, 0.29) is 0 Å². The molecule has 4 nitrogen and oxygen atoms in total. The van der Waals surface area contributed by atoms with Gasteiger partial charge in [-0.2, -0.15) is 4.98 Å². The lowest BCUT2D eigenvalue weighted by atomic mass is 10.1. The average molecular weight is 229 g/mol. The zero-order chi connectivity index (χ0) is 11.8. The topological polar surface area (TPSA) is 64.9 Å². The maximum Gasteiger partial charge on any atom is 0.231 e. The van der Waals surface area contributed by atoms with Crippen molar-refractivity contribution < 1.29 is 4.52 Å². The Balaban J connectivity index is 1.77. The van der Waals surface area contributed by atoms with Crippen molar-refractivity contribution in [3.8, 4) is 0 Å². The molecule has 1 aliphatic carbocycles. The van der Waals surface area contributed by atoms with Gasteiger partial charge >= 0.3 is 0 Å². The molecule has 0 saturated heterocycles. The summed E-state index contributed by atoms with van der Waals surface area (Å²) in [5.41, 5.74) is 7.68. The van der Waals surface area contributed by atoms with Gasteiger partial charge in [0.25, 0.3) is 0 Å². The predicted molar refractivity (Wildman–Crippen MR) is 64.5 cm³/mol. The van der Waals surface area contributed by atoms with Crippen LogP contribution in [0.5, 0.6) is 0 Å². The molecule has 0 spiro atoms. The predicted octanol–water partition coefficient (Wildman–Crippen LogP) is 2.37. The fraction of sp³-hybridized carbons (Fsp3) is 0.385. The molecule has 1 aliphatic rings. The summed E-state index contributed by atoms with van der Waals surface area (Å²) in [6, 6.07) is 7.75. The van der Waals surface area contributed by atoms with Crippen LogP contribution in [0, 0.1) is 5.92 Å². The van der Waals surface area contributed by atoms with Crippen molar-refractivity contribution in [2.75, 3.05) is 5.73 Å². The minimum atomic E-state index is 0.501. The third-order valence-corrected chi connectivity index (χ3v) is 3.32. The number of aromatic nitrogens is 2. The summed E-state index contributed by atoms with van der Waals surface area (Å²) in [6.45, 7) is 2.20. The average Bonchev–Trinajstić information content (AvgIpc) is 2.88. The van der Waals surface area contributed by atoms with E-state index in [9.17, 15) is 0 Å². The van der Waals surface area contributed by atoms with Crippen molar-refractivity contribution in [1.82, 2.24) is 10.1 Å². The van der Waals surface area contributed by atoms with Gasteiger partial charge in [-0.25, -0.2) is 0 Å². The second-order valence-electron chi connectivity index (χ2n) is 4.74. The molecular formula is C13H15N3O. The Hall–Kier alpha value is -1.84. The Labute approximate surface area is 99.8 Å². The number of hydrogen-bond donors (Lipinski definition) is 1. The molecule has 3 rings (SSSR count). The van der Waals surface area contributed by atoms with E-state index in [4.69, 9.17) is 10.3 Å². The van der Waals surface area contributed by atoms with E-state index in [2.05, 4.69) is 17.1 Å². The van der Waals surface area contributed by atoms with Crippen LogP contribution in [0.2, 0.25) is 0 Å². The standard InChI is InChI=1S/C13H15N3O/c1-8-6-10(8)13-15-12(17-16-13)7-9-4-2-3-5-11(9)14/h2-5,8,10H,6-7,14H2,1H3. The number of nitrogen functional groups attached to an aromatic ring is 1. The molecule has 88 valence electrons.